The molecule has 0 aromatic carbocycles. The van der Waals surface area contributed by atoms with Crippen molar-refractivity contribution in [3.63, 3.8) is 0 Å². The molecule has 1 aliphatic heterocycles. The molecule has 29 heavy (non-hydrogen) atoms. The Morgan fingerprint density at radius 1 is 1.10 bits per heavy atom. The van der Waals surface area contributed by atoms with Crippen LogP contribution in [0.2, 0.25) is 5.02 Å². The third-order valence-electron chi connectivity index (χ3n) is 4.69. The lowest BCUT2D eigenvalue weighted by Gasteiger charge is -2.36. The fourth-order valence-electron chi connectivity index (χ4n) is 3.26. The van der Waals surface area contributed by atoms with Crippen molar-refractivity contribution in [1.82, 2.24) is 25.2 Å². The molecule has 154 valence electrons. The van der Waals surface area contributed by atoms with Crippen LogP contribution >= 0.6 is 11.6 Å². The molecule has 1 atom stereocenters. The lowest BCUT2D eigenvalue weighted by molar-refractivity contribution is -0.134. The van der Waals surface area contributed by atoms with E-state index in [0.29, 0.717) is 43.6 Å². The predicted molar refractivity (Wildman–Crippen MR) is 111 cm³/mol. The zero-order valence-electron chi connectivity index (χ0n) is 16.6. The van der Waals surface area contributed by atoms with Gasteiger partial charge >= 0.3 is 0 Å². The van der Waals surface area contributed by atoms with Gasteiger partial charge in [-0.05, 0) is 30.5 Å². The lowest BCUT2D eigenvalue weighted by atomic mass is 10.0. The molecule has 1 aliphatic rings. The van der Waals surface area contributed by atoms with Gasteiger partial charge in [-0.1, -0.05) is 25.4 Å². The first-order valence-corrected chi connectivity index (χ1v) is 10.0. The lowest BCUT2D eigenvalue weighted by Crippen LogP contribution is -2.55. The molecule has 1 saturated heterocycles. The second-order valence-electron chi connectivity index (χ2n) is 7.38. The van der Waals surface area contributed by atoms with E-state index in [1.807, 2.05) is 13.8 Å². The van der Waals surface area contributed by atoms with Crippen LogP contribution in [-0.4, -0.2) is 63.9 Å². The summed E-state index contributed by atoms with van der Waals surface area (Å²) in [6.07, 6.45) is 5.43. The van der Waals surface area contributed by atoms with Crippen LogP contribution in [0, 0.1) is 5.92 Å². The molecule has 2 amide bonds. The van der Waals surface area contributed by atoms with Crippen molar-refractivity contribution in [2.75, 3.05) is 31.1 Å². The van der Waals surface area contributed by atoms with Crippen LogP contribution in [0.25, 0.3) is 0 Å². The maximum absolute atomic E-state index is 13.1. The number of anilines is 1. The van der Waals surface area contributed by atoms with Crippen LogP contribution in [-0.2, 0) is 4.79 Å². The van der Waals surface area contributed by atoms with Gasteiger partial charge in [-0.3, -0.25) is 14.6 Å². The SMILES string of the molecule is CC(C)CC(NC(=O)c1cc(Cl)ccn1)C(=O)N1CCN(c2ncccn2)CC1. The number of aromatic nitrogens is 3. The highest BCUT2D eigenvalue weighted by atomic mass is 35.5. The Hall–Kier alpha value is -2.74. The number of halogens is 1. The summed E-state index contributed by atoms with van der Waals surface area (Å²) in [6.45, 7) is 6.44. The Balaban J connectivity index is 1.64. The number of carbonyl (C=O) groups excluding carboxylic acids is 2. The van der Waals surface area contributed by atoms with E-state index in [0.717, 1.165) is 0 Å². The molecule has 2 aromatic rings. The van der Waals surface area contributed by atoms with Gasteiger partial charge in [0.15, 0.2) is 0 Å². The van der Waals surface area contributed by atoms with Crippen molar-refractivity contribution in [3.05, 3.63) is 47.5 Å². The average molecular weight is 417 g/mol. The summed E-state index contributed by atoms with van der Waals surface area (Å²) in [6, 6.07) is 4.26. The number of hydrogen-bond donors (Lipinski definition) is 1. The normalized spacial score (nSPS) is 15.3. The van der Waals surface area contributed by atoms with Crippen LogP contribution < -0.4 is 10.2 Å². The number of carbonyl (C=O) groups is 2. The summed E-state index contributed by atoms with van der Waals surface area (Å²) in [5.41, 5.74) is 0.199. The van der Waals surface area contributed by atoms with Crippen molar-refractivity contribution >= 4 is 29.4 Å². The highest BCUT2D eigenvalue weighted by Crippen LogP contribution is 2.14. The standard InChI is InChI=1S/C20H25ClN6O2/c1-14(2)12-17(25-18(28)16-13-15(21)4-7-22-16)19(29)26-8-10-27(11-9-26)20-23-5-3-6-24-20/h3-7,13-14,17H,8-12H2,1-2H3,(H,25,28). The van der Waals surface area contributed by atoms with Crippen LogP contribution in [0.15, 0.2) is 36.8 Å². The van der Waals surface area contributed by atoms with Gasteiger partial charge in [0.05, 0.1) is 0 Å². The first kappa shape index (κ1) is 21.0. The maximum Gasteiger partial charge on any atom is 0.270 e. The van der Waals surface area contributed by atoms with Crippen molar-refractivity contribution in [2.24, 2.45) is 5.92 Å². The molecule has 1 unspecified atom stereocenters. The monoisotopic (exact) mass is 416 g/mol. The molecule has 3 rings (SSSR count). The maximum atomic E-state index is 13.1. The Morgan fingerprint density at radius 3 is 2.41 bits per heavy atom. The van der Waals surface area contributed by atoms with Crippen molar-refractivity contribution in [3.8, 4) is 0 Å². The van der Waals surface area contributed by atoms with Crippen molar-refractivity contribution in [1.29, 1.82) is 0 Å². The molecule has 1 fully saturated rings. The zero-order chi connectivity index (χ0) is 20.8. The van der Waals surface area contributed by atoms with Crippen LogP contribution in [0.1, 0.15) is 30.8 Å². The van der Waals surface area contributed by atoms with E-state index in [-0.39, 0.29) is 17.5 Å². The minimum atomic E-state index is -0.609. The van der Waals surface area contributed by atoms with E-state index in [1.54, 1.807) is 29.4 Å². The summed E-state index contributed by atoms with van der Waals surface area (Å²) < 4.78 is 0. The Bertz CT molecular complexity index is 840. The van der Waals surface area contributed by atoms with Crippen molar-refractivity contribution in [2.45, 2.75) is 26.3 Å². The number of rotatable bonds is 6. The summed E-state index contributed by atoms with van der Waals surface area (Å²) in [4.78, 5) is 42.1. The molecule has 0 radical (unpaired) electrons. The number of amides is 2. The molecular formula is C20H25ClN6O2. The Labute approximate surface area is 175 Å². The fraction of sp³-hybridized carbons (Fsp3) is 0.450. The Kier molecular flexibility index (Phi) is 6.98. The summed E-state index contributed by atoms with van der Waals surface area (Å²) in [5.74, 6) is 0.430. The second-order valence-corrected chi connectivity index (χ2v) is 7.81. The van der Waals surface area contributed by atoms with E-state index >= 15 is 0 Å². The van der Waals surface area contributed by atoms with E-state index in [2.05, 4.69) is 25.2 Å². The van der Waals surface area contributed by atoms with Crippen LogP contribution in [0.5, 0.6) is 0 Å². The number of nitrogens with zero attached hydrogens (tertiary/aromatic N) is 5. The molecule has 1 N–H and O–H groups in total. The quantitative estimate of drug-likeness (QED) is 0.774. The minimum Gasteiger partial charge on any atom is -0.339 e. The Morgan fingerprint density at radius 2 is 1.79 bits per heavy atom. The molecule has 8 nitrogen and oxygen atoms in total. The van der Waals surface area contributed by atoms with Crippen LogP contribution in [0.3, 0.4) is 0 Å². The van der Waals surface area contributed by atoms with Gasteiger partial charge in [-0.2, -0.15) is 0 Å². The van der Waals surface area contributed by atoms with Gasteiger partial charge < -0.3 is 15.1 Å². The van der Waals surface area contributed by atoms with E-state index in [4.69, 9.17) is 11.6 Å². The van der Waals surface area contributed by atoms with E-state index < -0.39 is 11.9 Å². The zero-order valence-corrected chi connectivity index (χ0v) is 17.3. The number of hydrogen-bond acceptors (Lipinski definition) is 6. The molecule has 0 bridgehead atoms. The van der Waals surface area contributed by atoms with Gasteiger partial charge in [0.2, 0.25) is 11.9 Å². The first-order chi connectivity index (χ1) is 13.9. The predicted octanol–water partition coefficient (Wildman–Crippen LogP) is 2.02. The third-order valence-corrected chi connectivity index (χ3v) is 4.93. The largest absolute Gasteiger partial charge is 0.339 e. The number of piperazine rings is 1. The number of pyridine rings is 1. The molecule has 9 heteroatoms. The van der Waals surface area contributed by atoms with E-state index in [1.165, 1.54) is 12.3 Å². The molecule has 0 aliphatic carbocycles. The highest BCUT2D eigenvalue weighted by molar-refractivity contribution is 6.30. The third kappa shape index (κ3) is 5.63. The molecular weight excluding hydrogens is 392 g/mol. The average Bonchev–Trinajstić information content (AvgIpc) is 2.73. The fourth-order valence-corrected chi connectivity index (χ4v) is 3.42. The van der Waals surface area contributed by atoms with Gasteiger partial charge in [0.25, 0.3) is 5.91 Å². The molecule has 0 spiro atoms. The summed E-state index contributed by atoms with van der Waals surface area (Å²) >= 11 is 5.95. The topological polar surface area (TPSA) is 91.3 Å². The second kappa shape index (κ2) is 9.65. The van der Waals surface area contributed by atoms with Gasteiger partial charge in [-0.15, -0.1) is 0 Å². The summed E-state index contributed by atoms with van der Waals surface area (Å²) in [5, 5.41) is 3.27. The van der Waals surface area contributed by atoms with Gasteiger partial charge in [0, 0.05) is 49.8 Å². The van der Waals surface area contributed by atoms with E-state index in [9.17, 15) is 9.59 Å². The molecule has 2 aromatic heterocycles. The first-order valence-electron chi connectivity index (χ1n) is 9.67. The van der Waals surface area contributed by atoms with Crippen LogP contribution in [0.4, 0.5) is 5.95 Å². The summed E-state index contributed by atoms with van der Waals surface area (Å²) in [7, 11) is 0. The smallest absolute Gasteiger partial charge is 0.270 e. The molecule has 0 saturated carbocycles. The highest BCUT2D eigenvalue weighted by Gasteiger charge is 2.30. The number of nitrogens with one attached hydrogen (secondary N) is 1. The minimum absolute atomic E-state index is 0.0808. The van der Waals surface area contributed by atoms with Crippen molar-refractivity contribution < 1.29 is 9.59 Å². The molecule has 3 heterocycles. The van der Waals surface area contributed by atoms with Gasteiger partial charge in [0.1, 0.15) is 11.7 Å². The van der Waals surface area contributed by atoms with Gasteiger partial charge in [-0.25, -0.2) is 9.97 Å².